The molecule has 1 nitrogen and oxygen atoms in total. The van der Waals surface area contributed by atoms with Gasteiger partial charge in [0.05, 0.1) is 0 Å². The Morgan fingerprint density at radius 1 is 0.929 bits per heavy atom. The van der Waals surface area contributed by atoms with Gasteiger partial charge in [0.15, 0.2) is 0 Å². The van der Waals surface area contributed by atoms with Gasteiger partial charge in [0.2, 0.25) is 0 Å². The molecule has 1 heteroatoms. The standard InChI is InChI=1S/C13H14O/c14-13-8-6-12(7-9-13)10-11-4-2-1-3-5-11/h1-5,10H,6-9H2. The normalized spacial score (nSPS) is 16.9. The fraction of sp³-hybridized carbons (Fsp3) is 0.308. The second-order valence-electron chi connectivity index (χ2n) is 3.75. The maximum atomic E-state index is 11.0. The van der Waals surface area contributed by atoms with Crippen LogP contribution >= 0.6 is 0 Å². The Balaban J connectivity index is 2.08. The lowest BCUT2D eigenvalue weighted by Gasteiger charge is -2.12. The minimum absolute atomic E-state index is 0.412. The molecular formula is C13H14O. The molecule has 0 saturated heterocycles. The number of rotatable bonds is 1. The average Bonchev–Trinajstić information content (AvgIpc) is 2.23. The number of hydrogen-bond acceptors (Lipinski definition) is 1. The topological polar surface area (TPSA) is 17.1 Å². The summed E-state index contributed by atoms with van der Waals surface area (Å²) in [5, 5.41) is 0. The molecule has 14 heavy (non-hydrogen) atoms. The summed E-state index contributed by atoms with van der Waals surface area (Å²) >= 11 is 0. The fourth-order valence-corrected chi connectivity index (χ4v) is 1.78. The largest absolute Gasteiger partial charge is 0.300 e. The minimum atomic E-state index is 0.412. The molecule has 1 fully saturated rings. The highest BCUT2D eigenvalue weighted by Crippen LogP contribution is 2.22. The molecule has 0 bridgehead atoms. The van der Waals surface area contributed by atoms with Crippen molar-refractivity contribution < 1.29 is 4.79 Å². The monoisotopic (exact) mass is 186 g/mol. The number of ketones is 1. The van der Waals surface area contributed by atoms with Crippen molar-refractivity contribution in [3.8, 4) is 0 Å². The summed E-state index contributed by atoms with van der Waals surface area (Å²) in [7, 11) is 0. The highest BCUT2D eigenvalue weighted by atomic mass is 16.1. The second-order valence-corrected chi connectivity index (χ2v) is 3.75. The van der Waals surface area contributed by atoms with E-state index >= 15 is 0 Å². The second kappa shape index (κ2) is 4.23. The number of carbonyl (C=O) groups excluding carboxylic acids is 1. The minimum Gasteiger partial charge on any atom is -0.300 e. The first-order valence-corrected chi connectivity index (χ1v) is 5.11. The van der Waals surface area contributed by atoms with Crippen LogP contribution in [0.3, 0.4) is 0 Å². The van der Waals surface area contributed by atoms with E-state index in [0.29, 0.717) is 5.78 Å². The van der Waals surface area contributed by atoms with Crippen LogP contribution in [-0.2, 0) is 4.79 Å². The lowest BCUT2D eigenvalue weighted by molar-refractivity contribution is -0.119. The van der Waals surface area contributed by atoms with Crippen molar-refractivity contribution in [1.29, 1.82) is 0 Å². The molecule has 0 aromatic heterocycles. The number of allylic oxidation sites excluding steroid dienone is 1. The molecule has 0 aliphatic heterocycles. The van der Waals surface area contributed by atoms with E-state index in [1.165, 1.54) is 11.1 Å². The molecule has 0 unspecified atom stereocenters. The average molecular weight is 186 g/mol. The Hall–Kier alpha value is -1.37. The third-order valence-corrected chi connectivity index (χ3v) is 2.62. The summed E-state index contributed by atoms with van der Waals surface area (Å²) in [4.78, 5) is 11.0. The van der Waals surface area contributed by atoms with Crippen molar-refractivity contribution in [1.82, 2.24) is 0 Å². The molecule has 0 heterocycles. The van der Waals surface area contributed by atoms with Crippen LogP contribution in [-0.4, -0.2) is 5.78 Å². The maximum Gasteiger partial charge on any atom is 0.133 e. The lowest BCUT2D eigenvalue weighted by atomic mass is 9.92. The first kappa shape index (κ1) is 9.20. The third kappa shape index (κ3) is 2.32. The number of Topliss-reactive ketones (excluding diaryl/α,β-unsaturated/α-hetero) is 1. The van der Waals surface area contributed by atoms with Gasteiger partial charge in [-0.05, 0) is 18.4 Å². The molecule has 1 aliphatic carbocycles. The Morgan fingerprint density at radius 3 is 2.21 bits per heavy atom. The molecule has 0 atom stereocenters. The van der Waals surface area contributed by atoms with E-state index in [1.807, 2.05) is 18.2 Å². The van der Waals surface area contributed by atoms with Gasteiger partial charge in [0.25, 0.3) is 0 Å². The van der Waals surface area contributed by atoms with Gasteiger partial charge in [-0.25, -0.2) is 0 Å². The summed E-state index contributed by atoms with van der Waals surface area (Å²) in [5.74, 6) is 0.412. The van der Waals surface area contributed by atoms with Crippen LogP contribution in [0.2, 0.25) is 0 Å². The predicted octanol–water partition coefficient (Wildman–Crippen LogP) is 3.21. The maximum absolute atomic E-state index is 11.0. The quantitative estimate of drug-likeness (QED) is 0.658. The Kier molecular flexibility index (Phi) is 2.78. The Labute approximate surface area is 84.5 Å². The molecule has 1 aliphatic rings. The molecule has 1 saturated carbocycles. The first-order valence-electron chi connectivity index (χ1n) is 5.11. The van der Waals surface area contributed by atoms with E-state index in [2.05, 4.69) is 18.2 Å². The van der Waals surface area contributed by atoms with Crippen LogP contribution in [0.5, 0.6) is 0 Å². The molecule has 0 amide bonds. The Morgan fingerprint density at radius 2 is 1.57 bits per heavy atom. The van der Waals surface area contributed by atoms with Crippen LogP contribution < -0.4 is 0 Å². The Bertz CT molecular complexity index is 337. The van der Waals surface area contributed by atoms with Gasteiger partial charge in [-0.3, -0.25) is 4.79 Å². The van der Waals surface area contributed by atoms with Crippen molar-refractivity contribution >= 4 is 11.9 Å². The van der Waals surface area contributed by atoms with E-state index < -0.39 is 0 Å². The summed E-state index contributed by atoms with van der Waals surface area (Å²) in [6.07, 6.45) is 5.59. The van der Waals surface area contributed by atoms with Gasteiger partial charge >= 0.3 is 0 Å². The van der Waals surface area contributed by atoms with Gasteiger partial charge in [-0.1, -0.05) is 42.0 Å². The molecule has 72 valence electrons. The summed E-state index contributed by atoms with van der Waals surface area (Å²) in [6.45, 7) is 0. The number of benzene rings is 1. The molecule has 0 radical (unpaired) electrons. The molecule has 2 rings (SSSR count). The van der Waals surface area contributed by atoms with E-state index in [9.17, 15) is 4.79 Å². The van der Waals surface area contributed by atoms with Crippen LogP contribution in [0, 0.1) is 0 Å². The SMILES string of the molecule is O=C1CCC(=Cc2ccccc2)CC1. The smallest absolute Gasteiger partial charge is 0.133 e. The van der Waals surface area contributed by atoms with Crippen molar-refractivity contribution in [2.45, 2.75) is 25.7 Å². The zero-order valence-corrected chi connectivity index (χ0v) is 8.20. The van der Waals surface area contributed by atoms with Crippen LogP contribution in [0.25, 0.3) is 6.08 Å². The van der Waals surface area contributed by atoms with Crippen molar-refractivity contribution in [3.05, 3.63) is 41.5 Å². The van der Waals surface area contributed by atoms with E-state index in [4.69, 9.17) is 0 Å². The highest BCUT2D eigenvalue weighted by molar-refractivity contribution is 5.80. The summed E-state index contributed by atoms with van der Waals surface area (Å²) in [6, 6.07) is 10.3. The van der Waals surface area contributed by atoms with E-state index in [0.717, 1.165) is 25.7 Å². The van der Waals surface area contributed by atoms with Crippen molar-refractivity contribution in [2.24, 2.45) is 0 Å². The number of hydrogen-bond donors (Lipinski definition) is 0. The number of carbonyl (C=O) groups is 1. The van der Waals surface area contributed by atoms with Gasteiger partial charge in [0, 0.05) is 12.8 Å². The molecular weight excluding hydrogens is 172 g/mol. The molecule has 1 aromatic rings. The molecule has 0 N–H and O–H groups in total. The first-order chi connectivity index (χ1) is 6.84. The molecule has 0 spiro atoms. The zero-order chi connectivity index (χ0) is 9.80. The zero-order valence-electron chi connectivity index (χ0n) is 8.20. The summed E-state index contributed by atoms with van der Waals surface area (Å²) < 4.78 is 0. The van der Waals surface area contributed by atoms with Crippen LogP contribution in [0.4, 0.5) is 0 Å². The highest BCUT2D eigenvalue weighted by Gasteiger charge is 2.11. The summed E-state index contributed by atoms with van der Waals surface area (Å²) in [5.41, 5.74) is 2.66. The van der Waals surface area contributed by atoms with E-state index in [1.54, 1.807) is 0 Å². The van der Waals surface area contributed by atoms with Crippen LogP contribution in [0.1, 0.15) is 31.2 Å². The van der Waals surface area contributed by atoms with Gasteiger partial charge in [0.1, 0.15) is 5.78 Å². The van der Waals surface area contributed by atoms with Gasteiger partial charge < -0.3 is 0 Å². The third-order valence-electron chi connectivity index (χ3n) is 2.62. The van der Waals surface area contributed by atoms with Gasteiger partial charge in [-0.2, -0.15) is 0 Å². The van der Waals surface area contributed by atoms with Gasteiger partial charge in [-0.15, -0.1) is 0 Å². The van der Waals surface area contributed by atoms with E-state index in [-0.39, 0.29) is 0 Å². The van der Waals surface area contributed by atoms with Crippen LogP contribution in [0.15, 0.2) is 35.9 Å². The van der Waals surface area contributed by atoms with Crippen molar-refractivity contribution in [2.75, 3.05) is 0 Å². The van der Waals surface area contributed by atoms with Crippen molar-refractivity contribution in [3.63, 3.8) is 0 Å². The molecule has 1 aromatic carbocycles. The predicted molar refractivity (Wildman–Crippen MR) is 57.9 cm³/mol. The lowest BCUT2D eigenvalue weighted by Crippen LogP contribution is -2.05. The fourth-order valence-electron chi connectivity index (χ4n) is 1.78.